The third-order valence-electron chi connectivity index (χ3n) is 3.46. The van der Waals surface area contributed by atoms with Crippen LogP contribution in [-0.2, 0) is 11.2 Å². The van der Waals surface area contributed by atoms with Crippen molar-refractivity contribution in [3.05, 3.63) is 41.7 Å². The van der Waals surface area contributed by atoms with Crippen LogP contribution in [0.3, 0.4) is 0 Å². The molecule has 5 nitrogen and oxygen atoms in total. The summed E-state index contributed by atoms with van der Waals surface area (Å²) in [5.74, 6) is 0.0389. The second-order valence-electron chi connectivity index (χ2n) is 4.90. The maximum absolute atomic E-state index is 10.6. The molecule has 1 N–H and O–H groups in total. The number of benzene rings is 1. The fraction of sp³-hybridized carbons (Fsp3) is 0.267. The summed E-state index contributed by atoms with van der Waals surface area (Å²) in [5.41, 5.74) is 3.04. The Morgan fingerprint density at radius 1 is 1.30 bits per heavy atom. The van der Waals surface area contributed by atoms with Crippen LogP contribution < -0.4 is 0 Å². The molecule has 0 fully saturated rings. The monoisotopic (exact) mass is 269 g/mol. The Hall–Kier alpha value is -2.43. The highest BCUT2D eigenvalue weighted by molar-refractivity contribution is 5.85. The van der Waals surface area contributed by atoms with E-state index in [1.54, 1.807) is 0 Å². The predicted molar refractivity (Wildman–Crippen MR) is 75.8 cm³/mol. The van der Waals surface area contributed by atoms with Crippen molar-refractivity contribution in [2.75, 3.05) is 0 Å². The Morgan fingerprint density at radius 3 is 2.90 bits per heavy atom. The molecule has 3 aromatic rings. The first-order chi connectivity index (χ1) is 9.66. The summed E-state index contributed by atoms with van der Waals surface area (Å²) < 4.78 is 2.02. The highest BCUT2D eigenvalue weighted by atomic mass is 16.4. The molecule has 5 heteroatoms. The smallest absolute Gasteiger partial charge is 0.303 e. The molecule has 0 amide bonds. The summed E-state index contributed by atoms with van der Waals surface area (Å²) in [7, 11) is 0. The number of aliphatic carboxylic acids is 1. The van der Waals surface area contributed by atoms with E-state index < -0.39 is 5.97 Å². The fourth-order valence-electron chi connectivity index (χ4n) is 2.52. The molecule has 20 heavy (non-hydrogen) atoms. The van der Waals surface area contributed by atoms with Crippen molar-refractivity contribution >= 4 is 22.5 Å². The molecule has 0 aliphatic carbocycles. The molecule has 3 rings (SSSR count). The number of pyridine rings is 1. The van der Waals surface area contributed by atoms with Gasteiger partial charge in [0.25, 0.3) is 0 Å². The second kappa shape index (κ2) is 4.92. The van der Waals surface area contributed by atoms with Gasteiger partial charge >= 0.3 is 5.97 Å². The molecular formula is C15H15N3O2. The Balaban J connectivity index is 2.10. The van der Waals surface area contributed by atoms with Crippen LogP contribution in [0.2, 0.25) is 0 Å². The second-order valence-corrected chi connectivity index (χ2v) is 4.90. The van der Waals surface area contributed by atoms with E-state index in [0.29, 0.717) is 12.8 Å². The normalized spacial score (nSPS) is 11.2. The Morgan fingerprint density at radius 2 is 2.10 bits per heavy atom. The lowest BCUT2D eigenvalue weighted by Gasteiger charge is -2.07. The SMILES string of the molecule is Cc1cc2nnc(CCCC(=O)O)n2c2ccccc12. The van der Waals surface area contributed by atoms with Crippen molar-refractivity contribution in [1.82, 2.24) is 14.6 Å². The van der Waals surface area contributed by atoms with Gasteiger partial charge in [-0.05, 0) is 31.0 Å². The van der Waals surface area contributed by atoms with E-state index in [-0.39, 0.29) is 6.42 Å². The van der Waals surface area contributed by atoms with Gasteiger partial charge in [-0.15, -0.1) is 10.2 Å². The summed E-state index contributed by atoms with van der Waals surface area (Å²) >= 11 is 0. The van der Waals surface area contributed by atoms with E-state index in [0.717, 1.165) is 22.6 Å². The number of rotatable bonds is 4. The topological polar surface area (TPSA) is 67.5 Å². The molecule has 0 spiro atoms. The lowest BCUT2D eigenvalue weighted by atomic mass is 10.1. The van der Waals surface area contributed by atoms with Gasteiger partial charge in [0.15, 0.2) is 5.65 Å². The van der Waals surface area contributed by atoms with Crippen LogP contribution in [0.25, 0.3) is 16.6 Å². The van der Waals surface area contributed by atoms with E-state index in [9.17, 15) is 4.79 Å². The van der Waals surface area contributed by atoms with E-state index in [1.807, 2.05) is 28.7 Å². The van der Waals surface area contributed by atoms with Gasteiger partial charge < -0.3 is 5.11 Å². The zero-order valence-corrected chi connectivity index (χ0v) is 11.2. The minimum absolute atomic E-state index is 0.151. The van der Waals surface area contributed by atoms with Crippen LogP contribution in [0.15, 0.2) is 30.3 Å². The van der Waals surface area contributed by atoms with Gasteiger partial charge in [-0.25, -0.2) is 0 Å². The Labute approximate surface area is 115 Å². The number of carboxylic acids is 1. The molecular weight excluding hydrogens is 254 g/mol. The predicted octanol–water partition coefficient (Wildman–Crippen LogP) is 2.60. The molecule has 1 aromatic carbocycles. The molecule has 0 atom stereocenters. The number of fused-ring (bicyclic) bond motifs is 3. The number of carbonyl (C=O) groups is 1. The summed E-state index contributed by atoms with van der Waals surface area (Å²) in [6.07, 6.45) is 1.33. The van der Waals surface area contributed by atoms with Crippen molar-refractivity contribution in [3.8, 4) is 0 Å². The largest absolute Gasteiger partial charge is 0.481 e. The van der Waals surface area contributed by atoms with Crippen molar-refractivity contribution in [2.24, 2.45) is 0 Å². The van der Waals surface area contributed by atoms with E-state index >= 15 is 0 Å². The number of hydrogen-bond acceptors (Lipinski definition) is 3. The highest BCUT2D eigenvalue weighted by Gasteiger charge is 2.11. The molecule has 2 aromatic heterocycles. The highest BCUT2D eigenvalue weighted by Crippen LogP contribution is 2.22. The summed E-state index contributed by atoms with van der Waals surface area (Å²) in [4.78, 5) is 10.6. The summed E-state index contributed by atoms with van der Waals surface area (Å²) in [5, 5.41) is 18.3. The maximum Gasteiger partial charge on any atom is 0.303 e. The van der Waals surface area contributed by atoms with Gasteiger partial charge in [-0.1, -0.05) is 18.2 Å². The van der Waals surface area contributed by atoms with Crippen molar-refractivity contribution in [1.29, 1.82) is 0 Å². The number of aromatic nitrogens is 3. The molecule has 0 unspecified atom stereocenters. The summed E-state index contributed by atoms with van der Waals surface area (Å²) in [6.45, 7) is 2.06. The number of aryl methyl sites for hydroxylation is 2. The first-order valence-corrected chi connectivity index (χ1v) is 6.61. The van der Waals surface area contributed by atoms with Crippen LogP contribution in [0.5, 0.6) is 0 Å². The molecule has 0 bridgehead atoms. The third-order valence-corrected chi connectivity index (χ3v) is 3.46. The average Bonchev–Trinajstić information content (AvgIpc) is 2.82. The van der Waals surface area contributed by atoms with Crippen molar-refractivity contribution in [3.63, 3.8) is 0 Å². The van der Waals surface area contributed by atoms with Crippen molar-refractivity contribution in [2.45, 2.75) is 26.2 Å². The number of para-hydroxylation sites is 1. The Kier molecular flexibility index (Phi) is 3.10. The molecule has 0 saturated carbocycles. The quantitative estimate of drug-likeness (QED) is 0.790. The van der Waals surface area contributed by atoms with Crippen LogP contribution in [0, 0.1) is 6.92 Å². The molecule has 102 valence electrons. The van der Waals surface area contributed by atoms with Gasteiger partial charge in [-0.3, -0.25) is 9.20 Å². The summed E-state index contributed by atoms with van der Waals surface area (Å²) in [6, 6.07) is 10.1. The van der Waals surface area contributed by atoms with Crippen LogP contribution in [0.1, 0.15) is 24.2 Å². The number of hydrogen-bond donors (Lipinski definition) is 1. The van der Waals surface area contributed by atoms with E-state index in [2.05, 4.69) is 23.2 Å². The zero-order chi connectivity index (χ0) is 14.1. The lowest BCUT2D eigenvalue weighted by Crippen LogP contribution is -2.00. The maximum atomic E-state index is 10.6. The third kappa shape index (κ3) is 2.11. The number of carboxylic acid groups (broad SMARTS) is 1. The first kappa shape index (κ1) is 12.6. The molecule has 2 heterocycles. The molecule has 0 radical (unpaired) electrons. The van der Waals surface area contributed by atoms with E-state index in [1.165, 1.54) is 5.39 Å². The first-order valence-electron chi connectivity index (χ1n) is 6.61. The van der Waals surface area contributed by atoms with Crippen molar-refractivity contribution < 1.29 is 9.90 Å². The van der Waals surface area contributed by atoms with Gasteiger partial charge in [0.1, 0.15) is 5.82 Å². The van der Waals surface area contributed by atoms with E-state index in [4.69, 9.17) is 5.11 Å². The standard InChI is InChI=1S/C15H15N3O2/c1-10-9-14-17-16-13(7-4-8-15(19)20)18(14)12-6-3-2-5-11(10)12/h2-3,5-6,9H,4,7-8H2,1H3,(H,19,20). The van der Waals surface area contributed by atoms with Gasteiger partial charge in [-0.2, -0.15) is 0 Å². The Bertz CT molecular complexity index is 792. The minimum Gasteiger partial charge on any atom is -0.481 e. The minimum atomic E-state index is -0.778. The fourth-order valence-corrected chi connectivity index (χ4v) is 2.52. The van der Waals surface area contributed by atoms with Crippen LogP contribution in [0.4, 0.5) is 0 Å². The molecule has 0 saturated heterocycles. The van der Waals surface area contributed by atoms with Crippen LogP contribution in [-0.4, -0.2) is 25.7 Å². The molecule has 0 aliphatic heterocycles. The molecule has 0 aliphatic rings. The number of nitrogens with zero attached hydrogens (tertiary/aromatic N) is 3. The van der Waals surface area contributed by atoms with Gasteiger partial charge in [0.2, 0.25) is 0 Å². The zero-order valence-electron chi connectivity index (χ0n) is 11.2. The van der Waals surface area contributed by atoms with Gasteiger partial charge in [0.05, 0.1) is 5.52 Å². The lowest BCUT2D eigenvalue weighted by molar-refractivity contribution is -0.137. The average molecular weight is 269 g/mol. The van der Waals surface area contributed by atoms with Gasteiger partial charge in [0, 0.05) is 18.2 Å². The van der Waals surface area contributed by atoms with Crippen LogP contribution >= 0.6 is 0 Å².